The van der Waals surface area contributed by atoms with Gasteiger partial charge in [-0.3, -0.25) is 5.32 Å². The number of nitrogens with one attached hydrogen (secondary N) is 1. The van der Waals surface area contributed by atoms with Crippen molar-refractivity contribution < 1.29 is 19.1 Å². The van der Waals surface area contributed by atoms with Gasteiger partial charge in [-0.15, -0.1) is 0 Å². The molecule has 0 aliphatic carbocycles. The zero-order valence-corrected chi connectivity index (χ0v) is 11.7. The number of rotatable bonds is 6. The molecule has 0 saturated heterocycles. The summed E-state index contributed by atoms with van der Waals surface area (Å²) >= 11 is 0. The molecule has 0 saturated carbocycles. The minimum absolute atomic E-state index is 0.126. The Hall–Kier alpha value is -2.30. The fourth-order valence-corrected chi connectivity index (χ4v) is 1.26. The van der Waals surface area contributed by atoms with Gasteiger partial charge in [0.1, 0.15) is 12.3 Å². The predicted octanol–water partition coefficient (Wildman–Crippen LogP) is 2.63. The van der Waals surface area contributed by atoms with Crippen LogP contribution >= 0.6 is 0 Å². The van der Waals surface area contributed by atoms with Crippen molar-refractivity contribution in [2.45, 2.75) is 20.5 Å². The molecule has 1 amide bonds. The number of hydrogen-bond acceptors (Lipinski definition) is 4. The number of amides is 1. The number of carbonyl (C=O) groups is 2. The van der Waals surface area contributed by atoms with E-state index in [1.54, 1.807) is 0 Å². The SMILES string of the molecule is C=C(NC(=O)OCc1ccccc1)C(=O)OCC(C)C. The molecule has 0 aliphatic heterocycles. The van der Waals surface area contributed by atoms with E-state index in [0.717, 1.165) is 5.56 Å². The van der Waals surface area contributed by atoms with Crippen LogP contribution in [0.5, 0.6) is 0 Å². The lowest BCUT2D eigenvalue weighted by Crippen LogP contribution is -2.28. The molecule has 1 aromatic carbocycles. The zero-order valence-electron chi connectivity index (χ0n) is 11.7. The average Bonchev–Trinajstić information content (AvgIpc) is 2.43. The van der Waals surface area contributed by atoms with E-state index in [1.165, 1.54) is 0 Å². The van der Waals surface area contributed by atoms with Crippen LogP contribution in [0.15, 0.2) is 42.6 Å². The molecule has 1 rings (SSSR count). The average molecular weight is 277 g/mol. The molecule has 0 aliphatic rings. The van der Waals surface area contributed by atoms with E-state index in [4.69, 9.17) is 9.47 Å². The Bertz CT molecular complexity index is 468. The van der Waals surface area contributed by atoms with Gasteiger partial charge >= 0.3 is 12.1 Å². The summed E-state index contributed by atoms with van der Waals surface area (Å²) in [6, 6.07) is 9.23. The topological polar surface area (TPSA) is 64.6 Å². The highest BCUT2D eigenvalue weighted by Gasteiger charge is 2.13. The van der Waals surface area contributed by atoms with E-state index in [1.807, 2.05) is 44.2 Å². The Morgan fingerprint density at radius 2 is 1.85 bits per heavy atom. The van der Waals surface area contributed by atoms with Gasteiger partial charge in [0.05, 0.1) is 6.61 Å². The number of hydrogen-bond donors (Lipinski definition) is 1. The quantitative estimate of drug-likeness (QED) is 0.641. The molecule has 1 aromatic rings. The monoisotopic (exact) mass is 277 g/mol. The summed E-state index contributed by atoms with van der Waals surface area (Å²) in [7, 11) is 0. The number of ether oxygens (including phenoxy) is 2. The van der Waals surface area contributed by atoms with Crippen molar-refractivity contribution in [3.8, 4) is 0 Å². The molecule has 0 aromatic heterocycles. The van der Waals surface area contributed by atoms with Gasteiger partial charge in [-0.1, -0.05) is 50.8 Å². The van der Waals surface area contributed by atoms with Crippen molar-refractivity contribution in [1.29, 1.82) is 0 Å². The van der Waals surface area contributed by atoms with Gasteiger partial charge in [0.2, 0.25) is 0 Å². The van der Waals surface area contributed by atoms with Gasteiger partial charge in [0, 0.05) is 0 Å². The van der Waals surface area contributed by atoms with E-state index in [2.05, 4.69) is 11.9 Å². The lowest BCUT2D eigenvalue weighted by atomic mass is 10.2. The molecule has 0 heterocycles. The first-order chi connectivity index (χ1) is 9.49. The maximum Gasteiger partial charge on any atom is 0.412 e. The highest BCUT2D eigenvalue weighted by Crippen LogP contribution is 2.02. The minimum atomic E-state index is -0.736. The van der Waals surface area contributed by atoms with E-state index >= 15 is 0 Å². The van der Waals surface area contributed by atoms with Crippen LogP contribution in [0.3, 0.4) is 0 Å². The third-order valence-corrected chi connectivity index (χ3v) is 2.26. The molecule has 0 fully saturated rings. The van der Waals surface area contributed by atoms with Gasteiger partial charge in [0.25, 0.3) is 0 Å². The molecule has 1 N–H and O–H groups in total. The highest BCUT2D eigenvalue weighted by atomic mass is 16.6. The van der Waals surface area contributed by atoms with Crippen LogP contribution in [-0.4, -0.2) is 18.7 Å². The van der Waals surface area contributed by atoms with Crippen LogP contribution in [0, 0.1) is 5.92 Å². The first-order valence-corrected chi connectivity index (χ1v) is 6.32. The molecule has 5 nitrogen and oxygen atoms in total. The second kappa shape index (κ2) is 7.99. The standard InChI is InChI=1S/C15H19NO4/c1-11(2)9-19-14(17)12(3)16-15(18)20-10-13-7-5-4-6-8-13/h4-8,11H,3,9-10H2,1-2H3,(H,16,18). The Balaban J connectivity index is 2.31. The fraction of sp³-hybridized carbons (Fsp3) is 0.333. The first-order valence-electron chi connectivity index (χ1n) is 6.32. The van der Waals surface area contributed by atoms with E-state index in [-0.39, 0.29) is 24.8 Å². The number of carbonyl (C=O) groups excluding carboxylic acids is 2. The maximum absolute atomic E-state index is 11.5. The lowest BCUT2D eigenvalue weighted by molar-refractivity contribution is -0.140. The van der Waals surface area contributed by atoms with Gasteiger partial charge in [-0.2, -0.15) is 0 Å². The summed E-state index contributed by atoms with van der Waals surface area (Å²) in [6.45, 7) is 7.67. The van der Waals surface area contributed by atoms with Crippen molar-refractivity contribution in [3.63, 3.8) is 0 Å². The summed E-state index contributed by atoms with van der Waals surface area (Å²) in [5.74, 6) is -0.438. The summed E-state index contributed by atoms with van der Waals surface area (Å²) in [5.41, 5.74) is 0.722. The fourth-order valence-electron chi connectivity index (χ4n) is 1.26. The van der Waals surface area contributed by atoms with Crippen LogP contribution in [0.25, 0.3) is 0 Å². The van der Waals surface area contributed by atoms with Crippen molar-refractivity contribution >= 4 is 12.1 Å². The van der Waals surface area contributed by atoms with E-state index in [9.17, 15) is 9.59 Å². The molecule has 0 spiro atoms. The lowest BCUT2D eigenvalue weighted by Gasteiger charge is -2.10. The Morgan fingerprint density at radius 1 is 1.20 bits per heavy atom. The smallest absolute Gasteiger partial charge is 0.412 e. The van der Waals surface area contributed by atoms with Crippen LogP contribution in [0.1, 0.15) is 19.4 Å². The van der Waals surface area contributed by atoms with Crippen LogP contribution < -0.4 is 5.32 Å². The summed E-state index contributed by atoms with van der Waals surface area (Å²) < 4.78 is 9.88. The second-order valence-electron chi connectivity index (χ2n) is 4.66. The van der Waals surface area contributed by atoms with Crippen LogP contribution in [0.2, 0.25) is 0 Å². The van der Waals surface area contributed by atoms with Gasteiger partial charge in [-0.05, 0) is 11.5 Å². The van der Waals surface area contributed by atoms with Gasteiger partial charge < -0.3 is 9.47 Å². The third-order valence-electron chi connectivity index (χ3n) is 2.26. The van der Waals surface area contributed by atoms with Crippen molar-refractivity contribution in [1.82, 2.24) is 5.32 Å². The molecule has 0 unspecified atom stereocenters. The van der Waals surface area contributed by atoms with E-state index < -0.39 is 12.1 Å². The summed E-state index contributed by atoms with van der Waals surface area (Å²) in [6.07, 6.45) is -0.736. The van der Waals surface area contributed by atoms with Crippen LogP contribution in [0.4, 0.5) is 4.79 Å². The molecular formula is C15H19NO4. The summed E-state index contributed by atoms with van der Waals surface area (Å²) in [4.78, 5) is 22.9. The number of benzene rings is 1. The van der Waals surface area contributed by atoms with Crippen molar-refractivity contribution in [3.05, 3.63) is 48.2 Å². The first kappa shape index (κ1) is 15.8. The molecule has 0 atom stereocenters. The third kappa shape index (κ3) is 6.04. The largest absolute Gasteiger partial charge is 0.461 e. The normalized spacial score (nSPS) is 9.95. The number of esters is 1. The summed E-state index contributed by atoms with van der Waals surface area (Å²) in [5, 5.41) is 2.24. The van der Waals surface area contributed by atoms with Crippen molar-refractivity contribution in [2.24, 2.45) is 5.92 Å². The Labute approximate surface area is 118 Å². The Morgan fingerprint density at radius 3 is 2.45 bits per heavy atom. The molecule has 108 valence electrons. The molecule has 5 heteroatoms. The highest BCUT2D eigenvalue weighted by molar-refractivity contribution is 5.91. The number of alkyl carbamates (subject to hydrolysis) is 1. The molecule has 0 radical (unpaired) electrons. The zero-order chi connectivity index (χ0) is 15.0. The molecule has 20 heavy (non-hydrogen) atoms. The second-order valence-corrected chi connectivity index (χ2v) is 4.66. The van der Waals surface area contributed by atoms with Gasteiger partial charge in [0.15, 0.2) is 0 Å². The van der Waals surface area contributed by atoms with Gasteiger partial charge in [-0.25, -0.2) is 9.59 Å². The minimum Gasteiger partial charge on any atom is -0.461 e. The maximum atomic E-state index is 11.5. The van der Waals surface area contributed by atoms with Crippen molar-refractivity contribution in [2.75, 3.05) is 6.61 Å². The van der Waals surface area contributed by atoms with Crippen LogP contribution in [-0.2, 0) is 20.9 Å². The van der Waals surface area contributed by atoms with E-state index in [0.29, 0.717) is 0 Å². The molecule has 0 bridgehead atoms. The molecular weight excluding hydrogens is 258 g/mol. The predicted molar refractivity (Wildman–Crippen MR) is 74.7 cm³/mol. The Kier molecular flexibility index (Phi) is 6.29.